The number of β-amino-alcohol motifs (C(OH)–C–C–N with tert-alkyl or cyclic N) is 1. The van der Waals surface area contributed by atoms with Crippen LogP contribution in [0, 0.1) is 24.2 Å². The first kappa shape index (κ1) is 63.9. The van der Waals surface area contributed by atoms with Crippen LogP contribution in [-0.4, -0.2) is 146 Å². The number of aliphatic hydroxyl groups is 1. The number of unbranched alkanes of at least 4 members (excludes halogenated alkanes) is 2. The molecule has 2 saturated heterocycles. The number of carboxylic acids is 1. The summed E-state index contributed by atoms with van der Waals surface area (Å²) >= 11 is 4.37. The smallest absolute Gasteiger partial charge is 0.355 e. The molecule has 5 amide bonds. The van der Waals surface area contributed by atoms with E-state index in [1.165, 1.54) is 27.6 Å². The van der Waals surface area contributed by atoms with Gasteiger partial charge in [0, 0.05) is 81.1 Å². The third-order valence-electron chi connectivity index (χ3n) is 16.5. The van der Waals surface area contributed by atoms with E-state index in [9.17, 15) is 39.0 Å². The van der Waals surface area contributed by atoms with E-state index in [4.69, 9.17) is 4.74 Å². The molecule has 0 bridgehead atoms. The Morgan fingerprint density at radius 2 is 1.61 bits per heavy atom. The summed E-state index contributed by atoms with van der Waals surface area (Å²) in [5.74, 6) is 4.90. The molecule has 6 heterocycles. The first-order valence-corrected chi connectivity index (χ1v) is 32.9. The summed E-state index contributed by atoms with van der Waals surface area (Å²) in [5, 5.41) is 30.9. The van der Waals surface area contributed by atoms with Crippen LogP contribution < -0.4 is 25.6 Å². The predicted molar refractivity (Wildman–Crippen MR) is 347 cm³/mol. The van der Waals surface area contributed by atoms with Gasteiger partial charge >= 0.3 is 5.97 Å². The molecule has 2 fully saturated rings. The second-order valence-electron chi connectivity index (χ2n) is 24.0. The van der Waals surface area contributed by atoms with E-state index in [-0.39, 0.29) is 54.8 Å². The number of carbonyl (C=O) groups excluding carboxylic acids is 5. The van der Waals surface area contributed by atoms with Crippen molar-refractivity contribution in [3.8, 4) is 28.0 Å². The van der Waals surface area contributed by atoms with Crippen LogP contribution >= 0.6 is 34.0 Å². The molecule has 22 heteroatoms. The van der Waals surface area contributed by atoms with Crippen molar-refractivity contribution in [1.82, 2.24) is 40.3 Å². The Morgan fingerprint density at radius 3 is 2.34 bits per heavy atom. The second-order valence-corrected chi connectivity index (χ2v) is 27.0. The van der Waals surface area contributed by atoms with Gasteiger partial charge in [-0.3, -0.25) is 34.2 Å². The summed E-state index contributed by atoms with van der Waals surface area (Å²) in [6.45, 7) is 14.1. The molecule has 19 nitrogen and oxygen atoms in total. The van der Waals surface area contributed by atoms with Gasteiger partial charge in [-0.2, -0.15) is 0 Å². The van der Waals surface area contributed by atoms with Gasteiger partial charge in [0.05, 0.1) is 51.6 Å². The Labute approximate surface area is 530 Å². The molecule has 3 aliphatic heterocycles. The number of aryl methyl sites for hydroxylation is 2. The minimum atomic E-state index is -1.08. The van der Waals surface area contributed by atoms with Gasteiger partial charge in [-0.15, -0.1) is 22.7 Å². The molecule has 10 rings (SSSR count). The standard InChI is InChI=1S/C67H76N10O9S3/c1-42(45-24-26-47(27-25-45)59-43(2)68-41-87-59)69-62(82)53-38-48(78)39-77(53)63(83)60(67(3,4)5)71-56(79)20-7-6-8-21-57(80)75-35-33-74(34-36-75)31-12-14-44-22-28-49(29-23-44)86-37-13-19-55-58(64(84)85)72-66(89-55)76-32-30-46-15-11-16-50(51(46)40-76)61(81)73-65-70-52-17-9-10-18-54(52)88-65/h9-11,15-18,22-29,41-42,48,53,60,78H,6-8,13,19-21,30-40H2,1-5H3,(H,69,82)(H,71,79)(H,84,85)(H,70,73,81)/t42-,48+,53-,60+/m0/s1. The highest BCUT2D eigenvalue weighted by Gasteiger charge is 2.45. The number of hydrogen-bond acceptors (Lipinski definition) is 16. The number of fused-ring (bicyclic) bond motifs is 2. The monoisotopic (exact) mass is 1260 g/mol. The molecule has 3 aliphatic rings. The number of amides is 5. The fourth-order valence-electron chi connectivity index (χ4n) is 11.5. The molecular weight excluding hydrogens is 1180 g/mol. The number of likely N-dealkylation sites (tertiary alicyclic amines) is 1. The minimum Gasteiger partial charge on any atom is -0.494 e. The average Bonchev–Trinajstić information content (AvgIpc) is 1.97. The number of thiazole rings is 3. The van der Waals surface area contributed by atoms with Crippen LogP contribution in [0.3, 0.4) is 0 Å². The first-order valence-electron chi connectivity index (χ1n) is 30.4. The molecule has 0 saturated carbocycles. The third-order valence-corrected chi connectivity index (χ3v) is 19.6. The van der Waals surface area contributed by atoms with Crippen LogP contribution in [0.2, 0.25) is 0 Å². The maximum Gasteiger partial charge on any atom is 0.355 e. The van der Waals surface area contributed by atoms with Crippen molar-refractivity contribution in [3.63, 3.8) is 0 Å². The van der Waals surface area contributed by atoms with Gasteiger partial charge in [0.15, 0.2) is 16.0 Å². The third kappa shape index (κ3) is 16.2. The Hall–Kier alpha value is -8.07. The summed E-state index contributed by atoms with van der Waals surface area (Å²) in [7, 11) is 0. The van der Waals surface area contributed by atoms with E-state index in [0.717, 1.165) is 48.6 Å². The van der Waals surface area contributed by atoms with Gasteiger partial charge in [-0.1, -0.05) is 98.9 Å². The fourth-order valence-corrected chi connectivity index (χ4v) is 14.3. The zero-order chi connectivity index (χ0) is 62.8. The quantitative estimate of drug-likeness (QED) is 0.0314. The van der Waals surface area contributed by atoms with Crippen molar-refractivity contribution in [2.75, 3.05) is 62.6 Å². The van der Waals surface area contributed by atoms with E-state index < -0.39 is 35.5 Å². The van der Waals surface area contributed by atoms with Gasteiger partial charge in [-0.25, -0.2) is 19.7 Å². The number of aromatic nitrogens is 3. The summed E-state index contributed by atoms with van der Waals surface area (Å²) in [4.78, 5) is 103. The summed E-state index contributed by atoms with van der Waals surface area (Å²) in [6.07, 6.45) is 3.39. The molecule has 4 atom stereocenters. The number of rotatable bonds is 22. The van der Waals surface area contributed by atoms with Crippen LogP contribution in [0.15, 0.2) is 96.5 Å². The van der Waals surface area contributed by atoms with Crippen molar-refractivity contribution in [2.45, 2.75) is 123 Å². The molecule has 0 aliphatic carbocycles. The van der Waals surface area contributed by atoms with E-state index in [1.54, 1.807) is 11.3 Å². The van der Waals surface area contributed by atoms with Crippen molar-refractivity contribution in [1.29, 1.82) is 0 Å². The van der Waals surface area contributed by atoms with Crippen LogP contribution in [-0.2, 0) is 38.6 Å². The molecule has 0 radical (unpaired) electrons. The fraction of sp³-hybridized carbons (Fsp3) is 0.418. The predicted octanol–water partition coefficient (Wildman–Crippen LogP) is 9.53. The van der Waals surface area contributed by atoms with Crippen molar-refractivity contribution in [2.24, 2.45) is 5.41 Å². The van der Waals surface area contributed by atoms with Crippen LogP contribution in [0.1, 0.15) is 132 Å². The van der Waals surface area contributed by atoms with Gasteiger partial charge < -0.3 is 40.3 Å². The van der Waals surface area contributed by atoms with Crippen molar-refractivity contribution < 1.29 is 43.7 Å². The maximum atomic E-state index is 14.2. The number of hydrogen-bond donors (Lipinski definition) is 5. The topological polar surface area (TPSA) is 240 Å². The molecule has 3 aromatic heterocycles. The molecule has 466 valence electrons. The molecule has 5 N–H and O–H groups in total. The number of ether oxygens (including phenoxy) is 1. The largest absolute Gasteiger partial charge is 0.494 e. The zero-order valence-electron chi connectivity index (χ0n) is 50.9. The molecule has 4 aromatic carbocycles. The van der Waals surface area contributed by atoms with Crippen molar-refractivity contribution in [3.05, 3.63) is 141 Å². The minimum absolute atomic E-state index is 0.0103. The maximum absolute atomic E-state index is 14.2. The van der Waals surface area contributed by atoms with E-state index in [0.29, 0.717) is 124 Å². The Bertz CT molecular complexity index is 3710. The van der Waals surface area contributed by atoms with Gasteiger partial charge in [0.25, 0.3) is 5.91 Å². The molecule has 0 unspecified atom stereocenters. The number of aromatic carboxylic acids is 1. The van der Waals surface area contributed by atoms with Crippen LogP contribution in [0.5, 0.6) is 5.75 Å². The highest BCUT2D eigenvalue weighted by molar-refractivity contribution is 7.22. The van der Waals surface area contributed by atoms with Crippen LogP contribution in [0.4, 0.5) is 10.3 Å². The lowest BCUT2D eigenvalue weighted by molar-refractivity contribution is -0.144. The number of nitrogens with zero attached hydrogens (tertiary/aromatic N) is 7. The number of nitrogens with one attached hydrogen (secondary N) is 3. The lowest BCUT2D eigenvalue weighted by Gasteiger charge is -2.35. The number of anilines is 2. The normalized spacial score (nSPS) is 16.7. The number of carbonyl (C=O) groups is 6. The number of piperazine rings is 1. The number of aliphatic hydroxyl groups excluding tert-OH is 1. The SMILES string of the molecule is Cc1ncsc1-c1ccc([C@H](C)NC(=O)[C@@H]2C[C@@H](O)CN2C(=O)[C@@H](NC(=O)CCCCCC(=O)N2CCN(CC#Cc3ccc(OCCCc4sc(N5CCc6cccc(C(=O)Nc7nc8ccccc8s7)c6C5)nc4C(=O)O)cc3)CC2)C(C)(C)C)cc1. The number of benzene rings is 4. The number of para-hydroxylation sites is 1. The molecular formula is C67H76N10O9S3. The Kier molecular flexibility index (Phi) is 20.9. The summed E-state index contributed by atoms with van der Waals surface area (Å²) in [6, 6.07) is 26.8. The summed E-state index contributed by atoms with van der Waals surface area (Å²) < 4.78 is 7.04. The second kappa shape index (κ2) is 29.0. The first-order chi connectivity index (χ1) is 42.8. The van der Waals surface area contributed by atoms with E-state index in [1.807, 2.05) is 136 Å². The lowest BCUT2D eigenvalue weighted by atomic mass is 9.85. The summed E-state index contributed by atoms with van der Waals surface area (Å²) in [5.41, 5.74) is 8.28. The van der Waals surface area contributed by atoms with Crippen LogP contribution in [0.25, 0.3) is 20.7 Å². The molecule has 7 aromatic rings. The lowest BCUT2D eigenvalue weighted by Crippen LogP contribution is -2.57. The van der Waals surface area contributed by atoms with Crippen molar-refractivity contribution >= 4 is 90.0 Å². The molecule has 0 spiro atoms. The van der Waals surface area contributed by atoms with Gasteiger partial charge in [0.1, 0.15) is 17.8 Å². The zero-order valence-corrected chi connectivity index (χ0v) is 53.3. The van der Waals surface area contributed by atoms with E-state index in [2.05, 4.69) is 52.5 Å². The van der Waals surface area contributed by atoms with Gasteiger partial charge in [0.2, 0.25) is 23.6 Å². The highest BCUT2D eigenvalue weighted by Crippen LogP contribution is 2.35. The average molecular weight is 1260 g/mol. The molecule has 89 heavy (non-hydrogen) atoms. The Balaban J connectivity index is 0.603. The highest BCUT2D eigenvalue weighted by atomic mass is 32.1. The van der Waals surface area contributed by atoms with E-state index >= 15 is 0 Å². The van der Waals surface area contributed by atoms with Gasteiger partial charge in [-0.05, 0) is 116 Å². The number of carboxylic acid groups (broad SMARTS) is 1. The Morgan fingerprint density at radius 1 is 0.843 bits per heavy atom.